The van der Waals surface area contributed by atoms with Gasteiger partial charge in [0.15, 0.2) is 11.5 Å². The SMILES string of the molecule is CCCSSCCN=Cc1cc(O)c(OC)cc1-c1cccs1. The Bertz CT molecular complexity index is 627. The molecule has 0 bridgehead atoms. The third-order valence-corrected chi connectivity index (χ3v) is 6.54. The molecule has 2 rings (SSSR count). The molecule has 0 aliphatic heterocycles. The minimum absolute atomic E-state index is 0.141. The molecule has 0 atom stereocenters. The van der Waals surface area contributed by atoms with E-state index >= 15 is 0 Å². The summed E-state index contributed by atoms with van der Waals surface area (Å²) in [7, 11) is 5.32. The highest BCUT2D eigenvalue weighted by Gasteiger charge is 2.11. The Morgan fingerprint density at radius 1 is 1.30 bits per heavy atom. The zero-order valence-corrected chi connectivity index (χ0v) is 15.8. The highest BCUT2D eigenvalue weighted by Crippen LogP contribution is 2.36. The van der Waals surface area contributed by atoms with Gasteiger partial charge in [-0.05, 0) is 30.0 Å². The minimum atomic E-state index is 0.141. The Labute approximate surface area is 149 Å². The predicted molar refractivity (Wildman–Crippen MR) is 106 cm³/mol. The fraction of sp³-hybridized carbons (Fsp3) is 0.353. The molecule has 0 spiro atoms. The van der Waals surface area contributed by atoms with Crippen LogP contribution in [0.1, 0.15) is 18.9 Å². The smallest absolute Gasteiger partial charge is 0.161 e. The number of methoxy groups -OCH3 is 1. The van der Waals surface area contributed by atoms with E-state index in [1.807, 2.05) is 45.3 Å². The number of hydrogen-bond donors (Lipinski definition) is 1. The van der Waals surface area contributed by atoms with Gasteiger partial charge in [0, 0.05) is 40.3 Å². The number of thiophene rings is 1. The maximum atomic E-state index is 10.0. The third kappa shape index (κ3) is 5.48. The average Bonchev–Trinajstić information content (AvgIpc) is 3.08. The number of ether oxygens (including phenoxy) is 1. The predicted octanol–water partition coefficient (Wildman–Crippen LogP) is 5.34. The van der Waals surface area contributed by atoms with Gasteiger partial charge in [-0.2, -0.15) is 0 Å². The van der Waals surface area contributed by atoms with Crippen molar-refractivity contribution in [3.63, 3.8) is 0 Å². The van der Waals surface area contributed by atoms with Crippen LogP contribution in [0.2, 0.25) is 0 Å². The van der Waals surface area contributed by atoms with Crippen LogP contribution in [0.4, 0.5) is 0 Å². The molecule has 3 nitrogen and oxygen atoms in total. The summed E-state index contributed by atoms with van der Waals surface area (Å²) in [5.41, 5.74) is 1.95. The summed E-state index contributed by atoms with van der Waals surface area (Å²) in [4.78, 5) is 5.64. The molecule has 0 unspecified atom stereocenters. The Balaban J connectivity index is 2.09. The molecule has 1 aromatic heterocycles. The first-order chi connectivity index (χ1) is 11.3. The molecule has 6 heteroatoms. The molecule has 2 aromatic rings. The molecule has 0 radical (unpaired) electrons. The summed E-state index contributed by atoms with van der Waals surface area (Å²) < 4.78 is 5.22. The van der Waals surface area contributed by atoms with Crippen molar-refractivity contribution in [2.24, 2.45) is 4.99 Å². The largest absolute Gasteiger partial charge is 0.504 e. The Morgan fingerprint density at radius 3 is 2.83 bits per heavy atom. The molecule has 124 valence electrons. The molecule has 23 heavy (non-hydrogen) atoms. The van der Waals surface area contributed by atoms with Crippen LogP contribution in [0, 0.1) is 0 Å². The lowest BCUT2D eigenvalue weighted by molar-refractivity contribution is 0.373. The molecule has 0 amide bonds. The van der Waals surface area contributed by atoms with Crippen molar-refractivity contribution in [3.05, 3.63) is 35.2 Å². The van der Waals surface area contributed by atoms with Gasteiger partial charge < -0.3 is 9.84 Å². The van der Waals surface area contributed by atoms with Crippen molar-refractivity contribution in [2.45, 2.75) is 13.3 Å². The van der Waals surface area contributed by atoms with Gasteiger partial charge in [-0.3, -0.25) is 4.99 Å². The number of benzene rings is 1. The quantitative estimate of drug-likeness (QED) is 0.369. The first-order valence-corrected chi connectivity index (χ1v) is 10.8. The van der Waals surface area contributed by atoms with Crippen LogP contribution in [0.3, 0.4) is 0 Å². The molecule has 1 heterocycles. The Kier molecular flexibility index (Phi) is 7.85. The van der Waals surface area contributed by atoms with E-state index in [0.717, 1.165) is 28.3 Å². The molecule has 1 aromatic carbocycles. The molecular weight excluding hydrogens is 346 g/mol. The normalized spacial score (nSPS) is 11.2. The second kappa shape index (κ2) is 9.90. The number of rotatable bonds is 9. The van der Waals surface area contributed by atoms with Gasteiger partial charge in [-0.1, -0.05) is 34.6 Å². The van der Waals surface area contributed by atoms with Crippen LogP contribution in [-0.4, -0.2) is 36.5 Å². The van der Waals surface area contributed by atoms with Crippen molar-refractivity contribution >= 4 is 39.1 Å². The maximum Gasteiger partial charge on any atom is 0.161 e. The Hall–Kier alpha value is -1.11. The van der Waals surface area contributed by atoms with Gasteiger partial charge >= 0.3 is 0 Å². The maximum absolute atomic E-state index is 10.0. The standard InChI is InChI=1S/C17H21NO2S3/c1-3-7-22-23-9-6-18-12-13-10-15(19)16(20-2)11-14(13)17-5-4-8-21-17/h4-5,8,10-12,19H,3,6-7,9H2,1-2H3. The molecule has 0 aliphatic rings. The second-order valence-electron chi connectivity index (χ2n) is 4.77. The van der Waals surface area contributed by atoms with Crippen LogP contribution in [0.15, 0.2) is 34.6 Å². The summed E-state index contributed by atoms with van der Waals surface area (Å²) in [5, 5.41) is 12.1. The lowest BCUT2D eigenvalue weighted by Crippen LogP contribution is -1.92. The van der Waals surface area contributed by atoms with Crippen molar-refractivity contribution < 1.29 is 9.84 Å². The van der Waals surface area contributed by atoms with E-state index in [-0.39, 0.29) is 5.75 Å². The van der Waals surface area contributed by atoms with Gasteiger partial charge in [-0.25, -0.2) is 0 Å². The fourth-order valence-electron chi connectivity index (χ4n) is 1.95. The molecular formula is C17H21NO2S3. The van der Waals surface area contributed by atoms with E-state index in [1.54, 1.807) is 24.5 Å². The summed E-state index contributed by atoms with van der Waals surface area (Å²) in [6.07, 6.45) is 3.05. The van der Waals surface area contributed by atoms with E-state index in [1.165, 1.54) is 12.2 Å². The monoisotopic (exact) mass is 367 g/mol. The molecule has 0 saturated carbocycles. The van der Waals surface area contributed by atoms with E-state index in [9.17, 15) is 5.11 Å². The number of hydrogen-bond acceptors (Lipinski definition) is 6. The number of aromatic hydroxyl groups is 1. The lowest BCUT2D eigenvalue weighted by Gasteiger charge is -2.09. The highest BCUT2D eigenvalue weighted by atomic mass is 33.1. The van der Waals surface area contributed by atoms with Gasteiger partial charge in [0.25, 0.3) is 0 Å². The minimum Gasteiger partial charge on any atom is -0.504 e. The van der Waals surface area contributed by atoms with Crippen LogP contribution in [-0.2, 0) is 0 Å². The molecule has 0 aliphatic carbocycles. The van der Waals surface area contributed by atoms with E-state index in [2.05, 4.69) is 18.0 Å². The van der Waals surface area contributed by atoms with Crippen molar-refractivity contribution in [1.29, 1.82) is 0 Å². The van der Waals surface area contributed by atoms with Crippen molar-refractivity contribution in [2.75, 3.05) is 25.2 Å². The fourth-order valence-corrected chi connectivity index (χ4v) is 4.73. The van der Waals surface area contributed by atoms with E-state index in [4.69, 9.17) is 4.74 Å². The van der Waals surface area contributed by atoms with Crippen molar-refractivity contribution in [1.82, 2.24) is 0 Å². The van der Waals surface area contributed by atoms with Crippen LogP contribution in [0.5, 0.6) is 11.5 Å². The van der Waals surface area contributed by atoms with E-state index < -0.39 is 0 Å². The van der Waals surface area contributed by atoms with Crippen molar-refractivity contribution in [3.8, 4) is 21.9 Å². The second-order valence-corrected chi connectivity index (χ2v) is 8.42. The van der Waals surface area contributed by atoms with Gasteiger partial charge in [0.05, 0.1) is 7.11 Å². The summed E-state index contributed by atoms with van der Waals surface area (Å²) in [6, 6.07) is 7.66. The van der Waals surface area contributed by atoms with Gasteiger partial charge in [-0.15, -0.1) is 11.3 Å². The van der Waals surface area contributed by atoms with Gasteiger partial charge in [0.2, 0.25) is 0 Å². The molecule has 0 fully saturated rings. The molecule has 0 saturated heterocycles. The zero-order chi connectivity index (χ0) is 16.5. The summed E-state index contributed by atoms with van der Waals surface area (Å²) in [6.45, 7) is 2.96. The number of nitrogens with zero attached hydrogens (tertiary/aromatic N) is 1. The number of aliphatic imine (C=N–C) groups is 1. The topological polar surface area (TPSA) is 41.8 Å². The molecule has 1 N–H and O–H groups in total. The average molecular weight is 368 g/mol. The number of phenolic OH excluding ortho intramolecular Hbond substituents is 1. The van der Waals surface area contributed by atoms with Crippen LogP contribution in [0.25, 0.3) is 10.4 Å². The van der Waals surface area contributed by atoms with Gasteiger partial charge in [0.1, 0.15) is 0 Å². The summed E-state index contributed by atoms with van der Waals surface area (Å²) >= 11 is 1.66. The van der Waals surface area contributed by atoms with Crippen LogP contribution >= 0.6 is 32.9 Å². The lowest BCUT2D eigenvalue weighted by atomic mass is 10.1. The first-order valence-electron chi connectivity index (χ1n) is 7.45. The zero-order valence-electron chi connectivity index (χ0n) is 13.3. The van der Waals surface area contributed by atoms with E-state index in [0.29, 0.717) is 5.75 Å². The highest BCUT2D eigenvalue weighted by molar-refractivity contribution is 8.76. The summed E-state index contributed by atoms with van der Waals surface area (Å²) in [5.74, 6) is 2.81. The Morgan fingerprint density at radius 2 is 2.13 bits per heavy atom. The number of phenols is 1. The van der Waals surface area contributed by atoms with Crippen LogP contribution < -0.4 is 4.74 Å². The first kappa shape index (κ1) is 18.2. The third-order valence-electron chi connectivity index (χ3n) is 3.04.